The van der Waals surface area contributed by atoms with E-state index in [-0.39, 0.29) is 0 Å². The molecule has 2 aromatic heterocycles. The minimum Gasteiger partial charge on any atom is -0.370 e. The molecule has 3 heterocycles. The van der Waals surface area contributed by atoms with Gasteiger partial charge in [0.2, 0.25) is 0 Å². The summed E-state index contributed by atoms with van der Waals surface area (Å²) in [6.07, 6.45) is 3.61. The summed E-state index contributed by atoms with van der Waals surface area (Å²) >= 11 is 1.88. The van der Waals surface area contributed by atoms with E-state index in [4.69, 9.17) is 14.7 Å². The number of nitrogens with one attached hydrogen (secondary N) is 2. The van der Waals surface area contributed by atoms with Gasteiger partial charge in [-0.15, -0.1) is 11.3 Å². The van der Waals surface area contributed by atoms with Crippen LogP contribution >= 0.6 is 11.3 Å². The molecular formula is C22H27N4OS+. The molecule has 2 N–H and O–H groups in total. The highest BCUT2D eigenvalue weighted by Crippen LogP contribution is 2.39. The summed E-state index contributed by atoms with van der Waals surface area (Å²) in [5.41, 5.74) is 4.06. The van der Waals surface area contributed by atoms with Crippen LogP contribution in [0.4, 0.5) is 5.82 Å². The second-order valence-corrected chi connectivity index (χ2v) is 8.99. The lowest BCUT2D eigenvalue weighted by Crippen LogP contribution is -3.12. The Bertz CT molecular complexity index is 976. The van der Waals surface area contributed by atoms with Crippen LogP contribution in [0.15, 0.2) is 24.3 Å². The number of quaternary nitrogens is 1. The minimum absolute atomic E-state index is 0.793. The molecule has 0 radical (unpaired) electrons. The normalized spacial score (nSPS) is 17.2. The molecule has 5 rings (SSSR count). The first-order valence-corrected chi connectivity index (χ1v) is 11.1. The van der Waals surface area contributed by atoms with E-state index in [1.807, 2.05) is 11.3 Å². The topological polar surface area (TPSA) is 51.5 Å². The van der Waals surface area contributed by atoms with Gasteiger partial charge in [0.1, 0.15) is 30.3 Å². The fraction of sp³-hybridized carbons (Fsp3) is 0.455. The zero-order valence-corrected chi connectivity index (χ0v) is 17.2. The number of aromatic nitrogens is 2. The van der Waals surface area contributed by atoms with Gasteiger partial charge in [-0.25, -0.2) is 9.97 Å². The summed E-state index contributed by atoms with van der Waals surface area (Å²) in [5, 5.41) is 4.91. The predicted octanol–water partition coefficient (Wildman–Crippen LogP) is 2.52. The fourth-order valence-electron chi connectivity index (χ4n) is 4.20. The summed E-state index contributed by atoms with van der Waals surface area (Å²) < 4.78 is 5.50. The van der Waals surface area contributed by atoms with Gasteiger partial charge in [0.15, 0.2) is 5.82 Å². The third kappa shape index (κ3) is 3.64. The third-order valence-electron chi connectivity index (χ3n) is 5.80. The molecule has 28 heavy (non-hydrogen) atoms. The number of morpholine rings is 1. The number of hydrogen-bond donors (Lipinski definition) is 2. The van der Waals surface area contributed by atoms with Gasteiger partial charge in [-0.05, 0) is 37.3 Å². The van der Waals surface area contributed by atoms with E-state index < -0.39 is 0 Å². The highest BCUT2D eigenvalue weighted by molar-refractivity contribution is 7.19. The van der Waals surface area contributed by atoms with Crippen molar-refractivity contribution in [3.8, 4) is 0 Å². The monoisotopic (exact) mass is 395 g/mol. The molecule has 0 amide bonds. The van der Waals surface area contributed by atoms with E-state index in [0.29, 0.717) is 0 Å². The van der Waals surface area contributed by atoms with Crippen LogP contribution in [0.25, 0.3) is 10.2 Å². The van der Waals surface area contributed by atoms with Crippen LogP contribution in [0.3, 0.4) is 0 Å². The molecule has 1 fully saturated rings. The maximum atomic E-state index is 5.50. The third-order valence-corrected chi connectivity index (χ3v) is 6.99. The molecule has 146 valence electrons. The van der Waals surface area contributed by atoms with Crippen molar-refractivity contribution < 1.29 is 9.64 Å². The second-order valence-electron chi connectivity index (χ2n) is 7.90. The average Bonchev–Trinajstić information content (AvgIpc) is 3.29. The molecule has 5 nitrogen and oxygen atoms in total. The van der Waals surface area contributed by atoms with Gasteiger partial charge in [0.25, 0.3) is 0 Å². The minimum atomic E-state index is 0.793. The number of benzene rings is 1. The first-order valence-electron chi connectivity index (χ1n) is 10.3. The number of thiophene rings is 1. The predicted molar refractivity (Wildman–Crippen MR) is 113 cm³/mol. The SMILES string of the molecule is Cc1ccc(CNc2nc(C[NH+]3CCOCC3)nc3sc4c(c23)CCC4)cc1. The largest absolute Gasteiger partial charge is 0.370 e. The van der Waals surface area contributed by atoms with Crippen LogP contribution in [0.5, 0.6) is 0 Å². The summed E-state index contributed by atoms with van der Waals surface area (Å²) in [7, 11) is 0. The molecule has 6 heteroatoms. The van der Waals surface area contributed by atoms with Gasteiger partial charge in [-0.3, -0.25) is 0 Å². The second kappa shape index (κ2) is 7.78. The lowest BCUT2D eigenvalue weighted by atomic mass is 10.1. The fourth-order valence-corrected chi connectivity index (χ4v) is 5.48. The lowest BCUT2D eigenvalue weighted by molar-refractivity contribution is -0.922. The summed E-state index contributed by atoms with van der Waals surface area (Å²) in [5.74, 6) is 1.98. The van der Waals surface area contributed by atoms with Crippen LogP contribution in [-0.2, 0) is 30.7 Å². The van der Waals surface area contributed by atoms with Crippen molar-refractivity contribution in [3.05, 3.63) is 51.7 Å². The summed E-state index contributed by atoms with van der Waals surface area (Å²) in [6.45, 7) is 7.54. The molecule has 0 bridgehead atoms. The lowest BCUT2D eigenvalue weighted by Gasteiger charge is -2.23. The Morgan fingerprint density at radius 2 is 1.93 bits per heavy atom. The smallest absolute Gasteiger partial charge is 0.187 e. The van der Waals surface area contributed by atoms with Crippen molar-refractivity contribution in [1.82, 2.24) is 9.97 Å². The molecular weight excluding hydrogens is 368 g/mol. The van der Waals surface area contributed by atoms with Gasteiger partial charge in [0.05, 0.1) is 18.6 Å². The van der Waals surface area contributed by atoms with E-state index in [1.54, 1.807) is 0 Å². The Hall–Kier alpha value is -2.02. The number of fused-ring (bicyclic) bond motifs is 3. The Morgan fingerprint density at radius 1 is 1.11 bits per heavy atom. The average molecular weight is 396 g/mol. The van der Waals surface area contributed by atoms with E-state index in [0.717, 1.165) is 62.3 Å². The molecule has 0 unspecified atom stereocenters. The van der Waals surface area contributed by atoms with Crippen molar-refractivity contribution in [2.45, 2.75) is 39.3 Å². The molecule has 0 spiro atoms. The van der Waals surface area contributed by atoms with Crippen molar-refractivity contribution in [2.24, 2.45) is 0 Å². The number of anilines is 1. The van der Waals surface area contributed by atoms with Crippen LogP contribution in [0.2, 0.25) is 0 Å². The standard InChI is InChI=1S/C22H26N4OS/c1-15-5-7-16(8-6-15)13-23-21-20-17-3-2-4-18(17)28-22(20)25-19(24-21)14-26-9-11-27-12-10-26/h5-8H,2-4,9-14H2,1H3,(H,23,24,25)/p+1. The maximum absolute atomic E-state index is 5.50. The highest BCUT2D eigenvalue weighted by atomic mass is 32.1. The van der Waals surface area contributed by atoms with E-state index in [2.05, 4.69) is 36.5 Å². The van der Waals surface area contributed by atoms with Crippen molar-refractivity contribution >= 4 is 27.4 Å². The molecule has 1 aliphatic heterocycles. The summed E-state index contributed by atoms with van der Waals surface area (Å²) in [6, 6.07) is 8.72. The quantitative estimate of drug-likeness (QED) is 0.697. The molecule has 1 saturated heterocycles. The van der Waals surface area contributed by atoms with Crippen molar-refractivity contribution in [2.75, 3.05) is 31.6 Å². The number of nitrogens with zero attached hydrogens (tertiary/aromatic N) is 2. The maximum Gasteiger partial charge on any atom is 0.187 e. The van der Waals surface area contributed by atoms with Gasteiger partial charge in [-0.2, -0.15) is 0 Å². The molecule has 2 aliphatic rings. The number of aryl methyl sites for hydroxylation is 3. The number of ether oxygens (including phenoxy) is 1. The number of rotatable bonds is 5. The Kier molecular flexibility index (Phi) is 5.01. The molecule has 0 saturated carbocycles. The molecule has 1 aliphatic carbocycles. The van der Waals surface area contributed by atoms with E-state index >= 15 is 0 Å². The highest BCUT2D eigenvalue weighted by Gasteiger charge is 2.24. The molecule has 3 aromatic rings. The van der Waals surface area contributed by atoms with Crippen LogP contribution in [-0.4, -0.2) is 36.3 Å². The Balaban J connectivity index is 1.46. The first kappa shape index (κ1) is 18.0. The van der Waals surface area contributed by atoms with Crippen LogP contribution in [0.1, 0.15) is 33.8 Å². The molecule has 0 atom stereocenters. The zero-order chi connectivity index (χ0) is 18.9. The van der Waals surface area contributed by atoms with Gasteiger partial charge in [-0.1, -0.05) is 29.8 Å². The summed E-state index contributed by atoms with van der Waals surface area (Å²) in [4.78, 5) is 14.2. The Labute approximate surface area is 169 Å². The zero-order valence-electron chi connectivity index (χ0n) is 16.4. The Morgan fingerprint density at radius 3 is 2.75 bits per heavy atom. The van der Waals surface area contributed by atoms with E-state index in [1.165, 1.54) is 44.7 Å². The van der Waals surface area contributed by atoms with Crippen molar-refractivity contribution in [3.63, 3.8) is 0 Å². The number of hydrogen-bond acceptors (Lipinski definition) is 5. The van der Waals surface area contributed by atoms with Crippen LogP contribution < -0.4 is 10.2 Å². The van der Waals surface area contributed by atoms with Crippen molar-refractivity contribution in [1.29, 1.82) is 0 Å². The van der Waals surface area contributed by atoms with Gasteiger partial charge in [0, 0.05) is 11.4 Å². The van der Waals surface area contributed by atoms with Gasteiger partial charge >= 0.3 is 0 Å². The van der Waals surface area contributed by atoms with Gasteiger partial charge < -0.3 is 15.0 Å². The molecule has 1 aromatic carbocycles. The first-order chi connectivity index (χ1) is 13.8. The van der Waals surface area contributed by atoms with E-state index in [9.17, 15) is 0 Å². The van der Waals surface area contributed by atoms with Crippen LogP contribution in [0, 0.1) is 6.92 Å².